The Labute approximate surface area is 120 Å². The van der Waals surface area contributed by atoms with Gasteiger partial charge in [0.25, 0.3) is 0 Å². The summed E-state index contributed by atoms with van der Waals surface area (Å²) in [6.45, 7) is 14.6. The topological polar surface area (TPSA) is 15.3 Å². The maximum absolute atomic E-state index is 3.87. The number of piperidine rings is 1. The number of rotatable bonds is 6. The summed E-state index contributed by atoms with van der Waals surface area (Å²) in [6, 6.07) is 0.737. The summed E-state index contributed by atoms with van der Waals surface area (Å²) in [6.07, 6.45) is 5.77. The van der Waals surface area contributed by atoms with E-state index in [4.69, 9.17) is 0 Å². The molecule has 0 spiro atoms. The van der Waals surface area contributed by atoms with Gasteiger partial charge in [0.2, 0.25) is 0 Å². The van der Waals surface area contributed by atoms with E-state index in [9.17, 15) is 0 Å². The molecule has 1 aliphatic carbocycles. The van der Waals surface area contributed by atoms with Crippen LogP contribution < -0.4 is 5.32 Å². The summed E-state index contributed by atoms with van der Waals surface area (Å²) in [5, 5.41) is 3.87. The van der Waals surface area contributed by atoms with Gasteiger partial charge in [-0.2, -0.15) is 0 Å². The Balaban J connectivity index is 1.82. The number of hydrogen-bond acceptors (Lipinski definition) is 2. The van der Waals surface area contributed by atoms with Crippen LogP contribution in [0.25, 0.3) is 0 Å². The van der Waals surface area contributed by atoms with Crippen LogP contribution in [0.1, 0.15) is 53.4 Å². The van der Waals surface area contributed by atoms with Crippen molar-refractivity contribution in [1.29, 1.82) is 0 Å². The molecular formula is C17H34N2. The van der Waals surface area contributed by atoms with Gasteiger partial charge in [0.05, 0.1) is 0 Å². The molecule has 0 aromatic heterocycles. The van der Waals surface area contributed by atoms with E-state index in [1.165, 1.54) is 51.9 Å². The van der Waals surface area contributed by atoms with Crippen molar-refractivity contribution in [2.24, 2.45) is 23.7 Å². The monoisotopic (exact) mass is 266 g/mol. The molecule has 0 bridgehead atoms. The first-order valence-corrected chi connectivity index (χ1v) is 8.50. The molecule has 1 saturated carbocycles. The third kappa shape index (κ3) is 4.75. The summed E-state index contributed by atoms with van der Waals surface area (Å²) >= 11 is 0. The lowest BCUT2D eigenvalue weighted by atomic mass is 9.83. The summed E-state index contributed by atoms with van der Waals surface area (Å²) < 4.78 is 0. The van der Waals surface area contributed by atoms with Crippen LogP contribution in [0.3, 0.4) is 0 Å². The van der Waals surface area contributed by atoms with Crippen LogP contribution in [0.4, 0.5) is 0 Å². The second-order valence-corrected chi connectivity index (χ2v) is 7.75. The molecule has 0 radical (unpaired) electrons. The van der Waals surface area contributed by atoms with E-state index in [1.807, 2.05) is 0 Å². The summed E-state index contributed by atoms with van der Waals surface area (Å²) in [5.74, 6) is 3.48. The average Bonchev–Trinajstić information content (AvgIpc) is 2.25. The molecule has 2 unspecified atom stereocenters. The van der Waals surface area contributed by atoms with Crippen LogP contribution >= 0.6 is 0 Å². The predicted octanol–water partition coefficient (Wildman–Crippen LogP) is 3.38. The first kappa shape index (κ1) is 15.3. The van der Waals surface area contributed by atoms with Crippen molar-refractivity contribution in [3.05, 3.63) is 0 Å². The van der Waals surface area contributed by atoms with E-state index in [-0.39, 0.29) is 0 Å². The van der Waals surface area contributed by atoms with Crippen molar-refractivity contribution in [2.45, 2.75) is 59.4 Å². The molecule has 2 heteroatoms. The Morgan fingerprint density at radius 1 is 1.11 bits per heavy atom. The van der Waals surface area contributed by atoms with E-state index in [1.54, 1.807) is 0 Å². The fourth-order valence-corrected chi connectivity index (χ4v) is 3.56. The summed E-state index contributed by atoms with van der Waals surface area (Å²) in [7, 11) is 0. The van der Waals surface area contributed by atoms with Crippen LogP contribution in [0.2, 0.25) is 0 Å². The van der Waals surface area contributed by atoms with Gasteiger partial charge in [0.15, 0.2) is 0 Å². The smallest absolute Gasteiger partial charge is 0.0198 e. The van der Waals surface area contributed by atoms with E-state index >= 15 is 0 Å². The molecule has 1 N–H and O–H groups in total. The lowest BCUT2D eigenvalue weighted by Gasteiger charge is -2.41. The quantitative estimate of drug-likeness (QED) is 0.793. The molecule has 1 aliphatic heterocycles. The molecule has 2 atom stereocenters. The van der Waals surface area contributed by atoms with Crippen molar-refractivity contribution in [1.82, 2.24) is 10.2 Å². The fourth-order valence-electron chi connectivity index (χ4n) is 3.56. The van der Waals surface area contributed by atoms with E-state index in [0.717, 1.165) is 29.7 Å². The Morgan fingerprint density at radius 2 is 1.84 bits per heavy atom. The molecule has 0 aromatic carbocycles. The van der Waals surface area contributed by atoms with Gasteiger partial charge in [-0.25, -0.2) is 0 Å². The molecule has 0 amide bonds. The number of nitrogens with zero attached hydrogens (tertiary/aromatic N) is 1. The van der Waals surface area contributed by atoms with Gasteiger partial charge in [-0.05, 0) is 49.5 Å². The largest absolute Gasteiger partial charge is 0.312 e. The molecule has 2 nitrogen and oxygen atoms in total. The molecular weight excluding hydrogens is 232 g/mol. The summed E-state index contributed by atoms with van der Waals surface area (Å²) in [4.78, 5) is 2.71. The Hall–Kier alpha value is -0.0800. The van der Waals surface area contributed by atoms with Crippen molar-refractivity contribution < 1.29 is 0 Å². The van der Waals surface area contributed by atoms with Gasteiger partial charge >= 0.3 is 0 Å². The minimum Gasteiger partial charge on any atom is -0.312 e. The predicted molar refractivity (Wildman–Crippen MR) is 83.4 cm³/mol. The van der Waals surface area contributed by atoms with Crippen molar-refractivity contribution >= 4 is 0 Å². The Morgan fingerprint density at radius 3 is 2.37 bits per heavy atom. The molecule has 19 heavy (non-hydrogen) atoms. The third-order valence-corrected chi connectivity index (χ3v) is 5.04. The normalized spacial score (nSPS) is 30.0. The average molecular weight is 266 g/mol. The van der Waals surface area contributed by atoms with E-state index < -0.39 is 0 Å². The molecule has 2 rings (SSSR count). The van der Waals surface area contributed by atoms with Crippen LogP contribution in [0, 0.1) is 23.7 Å². The molecule has 1 saturated heterocycles. The minimum absolute atomic E-state index is 0.737. The highest BCUT2D eigenvalue weighted by Crippen LogP contribution is 2.27. The SMILES string of the molecule is CC(C)CN1CC(NCC2CCC2)CC(C(C)C)C1. The Bertz CT molecular complexity index is 258. The zero-order valence-electron chi connectivity index (χ0n) is 13.5. The van der Waals surface area contributed by atoms with Gasteiger partial charge in [-0.15, -0.1) is 0 Å². The zero-order valence-corrected chi connectivity index (χ0v) is 13.5. The van der Waals surface area contributed by atoms with Crippen LogP contribution in [0.15, 0.2) is 0 Å². The molecule has 1 heterocycles. The van der Waals surface area contributed by atoms with Crippen LogP contribution in [0.5, 0.6) is 0 Å². The Kier molecular flexibility index (Phi) is 5.70. The summed E-state index contributed by atoms with van der Waals surface area (Å²) in [5.41, 5.74) is 0. The van der Waals surface area contributed by atoms with Gasteiger partial charge in [0, 0.05) is 25.7 Å². The van der Waals surface area contributed by atoms with Gasteiger partial charge in [-0.3, -0.25) is 0 Å². The van der Waals surface area contributed by atoms with E-state index in [2.05, 4.69) is 37.9 Å². The van der Waals surface area contributed by atoms with E-state index in [0.29, 0.717) is 0 Å². The first-order chi connectivity index (χ1) is 9.04. The second-order valence-electron chi connectivity index (χ2n) is 7.75. The van der Waals surface area contributed by atoms with Crippen LogP contribution in [-0.2, 0) is 0 Å². The second kappa shape index (κ2) is 7.08. The highest BCUT2D eigenvalue weighted by atomic mass is 15.2. The van der Waals surface area contributed by atoms with Gasteiger partial charge in [-0.1, -0.05) is 34.1 Å². The molecule has 2 aliphatic rings. The van der Waals surface area contributed by atoms with Gasteiger partial charge in [0.1, 0.15) is 0 Å². The minimum atomic E-state index is 0.737. The lowest BCUT2D eigenvalue weighted by molar-refractivity contribution is 0.101. The highest BCUT2D eigenvalue weighted by molar-refractivity contribution is 4.86. The maximum atomic E-state index is 3.87. The fraction of sp³-hybridized carbons (Fsp3) is 1.00. The number of hydrogen-bond donors (Lipinski definition) is 1. The van der Waals surface area contributed by atoms with Gasteiger partial charge < -0.3 is 10.2 Å². The maximum Gasteiger partial charge on any atom is 0.0198 e. The van der Waals surface area contributed by atoms with Crippen molar-refractivity contribution in [3.8, 4) is 0 Å². The third-order valence-electron chi connectivity index (χ3n) is 5.04. The molecule has 2 fully saturated rings. The highest BCUT2D eigenvalue weighted by Gasteiger charge is 2.29. The zero-order chi connectivity index (χ0) is 13.8. The van der Waals surface area contributed by atoms with Crippen LogP contribution in [-0.4, -0.2) is 37.1 Å². The first-order valence-electron chi connectivity index (χ1n) is 8.50. The lowest BCUT2D eigenvalue weighted by Crippen LogP contribution is -2.52. The van der Waals surface area contributed by atoms with Crippen molar-refractivity contribution in [2.75, 3.05) is 26.2 Å². The standard InChI is InChI=1S/C17H34N2/c1-13(2)10-19-11-16(14(3)4)8-17(12-19)18-9-15-6-5-7-15/h13-18H,5-12H2,1-4H3. The number of likely N-dealkylation sites (tertiary alicyclic amines) is 1. The number of nitrogens with one attached hydrogen (secondary N) is 1. The molecule has 112 valence electrons. The van der Waals surface area contributed by atoms with Crippen molar-refractivity contribution in [3.63, 3.8) is 0 Å². The molecule has 0 aromatic rings.